The van der Waals surface area contributed by atoms with Crippen molar-refractivity contribution in [2.75, 3.05) is 5.32 Å². The fourth-order valence-corrected chi connectivity index (χ4v) is 4.56. The Hall–Kier alpha value is -5.54. The van der Waals surface area contributed by atoms with E-state index in [0.29, 0.717) is 22.3 Å². The molecule has 1 amide bonds. The molecule has 200 valence electrons. The summed E-state index contributed by atoms with van der Waals surface area (Å²) >= 11 is 0. The first-order valence-electron chi connectivity index (χ1n) is 13.2. The standard InChI is InChI=1S/C35H28N4O2/c1-22-8-13-26(14-9-22)28(21-36)19-25-11-15-29(16-12-25)38-39-33-30-7-5-4-6-27(30)20-31(34(33)40)35(41)37-32-17-10-23(2)18-24(32)3/h4-20,40H,1-3H3,(H,37,41). The Kier molecular flexibility index (Phi) is 7.71. The SMILES string of the molecule is Cc1ccc(C(C#N)=Cc2ccc(N=Nc3c(O)c(C(=O)Nc4ccc(C)cc4C)cc4ccccc34)cc2)cc1. The summed E-state index contributed by atoms with van der Waals surface area (Å²) in [5, 5.41) is 33.9. The molecule has 0 fully saturated rings. The molecule has 2 N–H and O–H groups in total. The third-order valence-corrected chi connectivity index (χ3v) is 6.82. The topological polar surface area (TPSA) is 97.8 Å². The molecular formula is C35H28N4O2. The summed E-state index contributed by atoms with van der Waals surface area (Å²) in [5.41, 5.74) is 6.97. The number of carbonyl (C=O) groups is 1. The van der Waals surface area contributed by atoms with Crippen LogP contribution in [0.25, 0.3) is 22.4 Å². The molecule has 0 unspecified atom stereocenters. The van der Waals surface area contributed by atoms with Gasteiger partial charge in [-0.2, -0.15) is 10.4 Å². The number of rotatable bonds is 6. The molecule has 0 bridgehead atoms. The summed E-state index contributed by atoms with van der Waals surface area (Å²) in [6, 6.07) is 32.2. The predicted octanol–water partition coefficient (Wildman–Crippen LogP) is 9.20. The van der Waals surface area contributed by atoms with Gasteiger partial charge in [-0.25, -0.2) is 0 Å². The molecule has 0 aliphatic heterocycles. The molecule has 0 aromatic heterocycles. The van der Waals surface area contributed by atoms with Gasteiger partial charge < -0.3 is 10.4 Å². The number of anilines is 1. The van der Waals surface area contributed by atoms with Gasteiger partial charge in [0.05, 0.1) is 22.9 Å². The molecule has 6 heteroatoms. The largest absolute Gasteiger partial charge is 0.505 e. The van der Waals surface area contributed by atoms with Gasteiger partial charge in [-0.1, -0.05) is 83.9 Å². The number of amides is 1. The van der Waals surface area contributed by atoms with Gasteiger partial charge >= 0.3 is 0 Å². The molecule has 0 radical (unpaired) electrons. The van der Waals surface area contributed by atoms with Crippen molar-refractivity contribution in [1.29, 1.82) is 5.26 Å². The smallest absolute Gasteiger partial charge is 0.259 e. The molecule has 0 aliphatic carbocycles. The zero-order valence-corrected chi connectivity index (χ0v) is 23.0. The van der Waals surface area contributed by atoms with Gasteiger partial charge in [0.15, 0.2) is 5.75 Å². The van der Waals surface area contributed by atoms with E-state index in [0.717, 1.165) is 33.2 Å². The van der Waals surface area contributed by atoms with E-state index in [2.05, 4.69) is 21.6 Å². The number of phenols is 1. The van der Waals surface area contributed by atoms with E-state index in [4.69, 9.17) is 0 Å². The Morgan fingerprint density at radius 3 is 2.27 bits per heavy atom. The van der Waals surface area contributed by atoms with Crippen LogP contribution in [0.5, 0.6) is 5.75 Å². The Morgan fingerprint density at radius 1 is 0.854 bits per heavy atom. The second kappa shape index (κ2) is 11.7. The van der Waals surface area contributed by atoms with Crippen molar-refractivity contribution in [2.45, 2.75) is 20.8 Å². The van der Waals surface area contributed by atoms with E-state index in [1.54, 1.807) is 18.2 Å². The van der Waals surface area contributed by atoms with E-state index < -0.39 is 5.91 Å². The van der Waals surface area contributed by atoms with Gasteiger partial charge in [0.1, 0.15) is 5.69 Å². The number of fused-ring (bicyclic) bond motifs is 1. The van der Waals surface area contributed by atoms with Crippen molar-refractivity contribution >= 4 is 45.4 Å². The number of hydrogen-bond acceptors (Lipinski definition) is 5. The molecule has 0 saturated carbocycles. The van der Waals surface area contributed by atoms with Crippen molar-refractivity contribution in [3.63, 3.8) is 0 Å². The number of benzene rings is 5. The molecule has 0 heterocycles. The van der Waals surface area contributed by atoms with Gasteiger partial charge in [0, 0.05) is 11.1 Å². The first kappa shape index (κ1) is 27.0. The Balaban J connectivity index is 1.44. The van der Waals surface area contributed by atoms with Gasteiger partial charge in [-0.05, 0) is 73.2 Å². The molecule has 0 aliphatic rings. The minimum atomic E-state index is -0.435. The number of phenolic OH excluding ortho intramolecular Hbond substituents is 1. The van der Waals surface area contributed by atoms with Crippen LogP contribution in [0.2, 0.25) is 0 Å². The first-order valence-corrected chi connectivity index (χ1v) is 13.2. The summed E-state index contributed by atoms with van der Waals surface area (Å²) < 4.78 is 0. The van der Waals surface area contributed by atoms with Crippen LogP contribution in [0.15, 0.2) is 107 Å². The molecule has 5 rings (SSSR count). The zero-order valence-electron chi connectivity index (χ0n) is 23.0. The van der Waals surface area contributed by atoms with E-state index >= 15 is 0 Å². The third kappa shape index (κ3) is 6.05. The van der Waals surface area contributed by atoms with Crippen LogP contribution in [0.1, 0.15) is 38.2 Å². The average molecular weight is 537 g/mol. The number of hydrogen-bond donors (Lipinski definition) is 2. The maximum atomic E-state index is 13.2. The lowest BCUT2D eigenvalue weighted by molar-refractivity contribution is 0.102. The van der Waals surface area contributed by atoms with Gasteiger partial charge in [-0.3, -0.25) is 4.79 Å². The minimum Gasteiger partial charge on any atom is -0.505 e. The maximum absolute atomic E-state index is 13.2. The number of allylic oxidation sites excluding steroid dienone is 1. The lowest BCUT2D eigenvalue weighted by atomic mass is 10.0. The summed E-state index contributed by atoms with van der Waals surface area (Å²) in [7, 11) is 0. The van der Waals surface area contributed by atoms with Crippen LogP contribution in [-0.4, -0.2) is 11.0 Å². The fraction of sp³-hybridized carbons (Fsp3) is 0.0857. The Morgan fingerprint density at radius 2 is 1.56 bits per heavy atom. The highest BCUT2D eigenvalue weighted by molar-refractivity contribution is 6.12. The van der Waals surface area contributed by atoms with Crippen LogP contribution in [0.3, 0.4) is 0 Å². The van der Waals surface area contributed by atoms with Crippen LogP contribution in [-0.2, 0) is 0 Å². The predicted molar refractivity (Wildman–Crippen MR) is 165 cm³/mol. The van der Waals surface area contributed by atoms with E-state index in [-0.39, 0.29) is 17.0 Å². The molecule has 6 nitrogen and oxygen atoms in total. The lowest BCUT2D eigenvalue weighted by Gasteiger charge is -2.12. The molecule has 5 aromatic carbocycles. The lowest BCUT2D eigenvalue weighted by Crippen LogP contribution is -2.13. The zero-order chi connectivity index (χ0) is 28.9. The maximum Gasteiger partial charge on any atom is 0.259 e. The van der Waals surface area contributed by atoms with Gasteiger partial charge in [0.2, 0.25) is 0 Å². The van der Waals surface area contributed by atoms with Crippen molar-refractivity contribution < 1.29 is 9.90 Å². The van der Waals surface area contributed by atoms with E-state index in [1.807, 2.05) is 106 Å². The number of aryl methyl sites for hydroxylation is 3. The minimum absolute atomic E-state index is 0.109. The van der Waals surface area contributed by atoms with Gasteiger partial charge in [-0.15, -0.1) is 5.11 Å². The highest BCUT2D eigenvalue weighted by Gasteiger charge is 2.19. The normalized spacial score (nSPS) is 11.5. The van der Waals surface area contributed by atoms with Gasteiger partial charge in [0.25, 0.3) is 5.91 Å². The Labute approximate surface area is 238 Å². The van der Waals surface area contributed by atoms with Crippen LogP contribution < -0.4 is 5.32 Å². The quantitative estimate of drug-likeness (QED) is 0.129. The van der Waals surface area contributed by atoms with Crippen LogP contribution >= 0.6 is 0 Å². The number of nitrogens with zero attached hydrogens (tertiary/aromatic N) is 3. The molecular weight excluding hydrogens is 508 g/mol. The first-order chi connectivity index (χ1) is 19.8. The van der Waals surface area contributed by atoms with Crippen molar-refractivity contribution in [3.05, 3.63) is 130 Å². The highest BCUT2D eigenvalue weighted by atomic mass is 16.3. The second-order valence-corrected chi connectivity index (χ2v) is 9.94. The fourth-order valence-electron chi connectivity index (χ4n) is 4.56. The average Bonchev–Trinajstić information content (AvgIpc) is 2.97. The van der Waals surface area contributed by atoms with Crippen molar-refractivity contribution in [1.82, 2.24) is 0 Å². The summed E-state index contributed by atoms with van der Waals surface area (Å²) in [4.78, 5) is 13.2. The number of aromatic hydroxyl groups is 1. The molecule has 41 heavy (non-hydrogen) atoms. The van der Waals surface area contributed by atoms with Crippen molar-refractivity contribution in [3.8, 4) is 11.8 Å². The monoisotopic (exact) mass is 536 g/mol. The molecule has 0 spiro atoms. The summed E-state index contributed by atoms with van der Waals surface area (Å²) in [5.74, 6) is -0.680. The highest BCUT2D eigenvalue weighted by Crippen LogP contribution is 2.39. The van der Waals surface area contributed by atoms with Crippen molar-refractivity contribution in [2.24, 2.45) is 10.2 Å². The van der Waals surface area contributed by atoms with Crippen LogP contribution in [0, 0.1) is 32.1 Å². The Bertz CT molecular complexity index is 1860. The molecule has 5 aromatic rings. The molecule has 0 saturated heterocycles. The summed E-state index contributed by atoms with van der Waals surface area (Å²) in [6.45, 7) is 5.92. The van der Waals surface area contributed by atoms with E-state index in [1.165, 1.54) is 0 Å². The third-order valence-electron chi connectivity index (χ3n) is 6.82. The molecule has 0 atom stereocenters. The second-order valence-electron chi connectivity index (χ2n) is 9.94. The number of azo groups is 1. The summed E-state index contributed by atoms with van der Waals surface area (Å²) in [6.07, 6.45) is 1.82. The van der Waals surface area contributed by atoms with E-state index in [9.17, 15) is 15.2 Å². The van der Waals surface area contributed by atoms with Crippen LogP contribution in [0.4, 0.5) is 17.1 Å². The number of nitrogens with one attached hydrogen (secondary N) is 1. The number of carbonyl (C=O) groups excluding carboxylic acids is 1. The number of nitriles is 1.